The molecule has 6 nitrogen and oxygen atoms in total. The Hall–Kier alpha value is -2.94. The molecule has 0 saturated carbocycles. The van der Waals surface area contributed by atoms with Gasteiger partial charge in [0.2, 0.25) is 0 Å². The minimum Gasteiger partial charge on any atom is -0.497 e. The molecular formula is C20H21F3N2O4. The van der Waals surface area contributed by atoms with E-state index in [-0.39, 0.29) is 5.69 Å². The first kappa shape index (κ1) is 20.8. The standard InChI is InChI=1S/C20H21F3N2O4/c1-27-14-8-4-12(5-9-14)18-24-16(19(26)29-3)17(20(21,22)23)25(18)13-6-10-15(28-2)11-7-13/h4-11,16-18,24H,1-3H3/t16-,17-,18-/m1/s1. The lowest BCUT2D eigenvalue weighted by Gasteiger charge is -2.33. The summed E-state index contributed by atoms with van der Waals surface area (Å²) in [6, 6.07) is 9.09. The van der Waals surface area contributed by atoms with E-state index in [2.05, 4.69) is 10.1 Å². The molecule has 9 heteroatoms. The zero-order chi connectivity index (χ0) is 21.2. The molecule has 1 heterocycles. The van der Waals surface area contributed by atoms with Gasteiger partial charge in [0, 0.05) is 5.69 Å². The third-order valence-electron chi connectivity index (χ3n) is 4.82. The molecule has 0 spiro atoms. The summed E-state index contributed by atoms with van der Waals surface area (Å²) in [6.07, 6.45) is -5.60. The maximum atomic E-state index is 14.1. The van der Waals surface area contributed by atoms with E-state index in [9.17, 15) is 18.0 Å². The van der Waals surface area contributed by atoms with Crippen LogP contribution in [0.1, 0.15) is 11.7 Å². The lowest BCUT2D eigenvalue weighted by Crippen LogP contribution is -2.51. The number of rotatable bonds is 5. The van der Waals surface area contributed by atoms with Crippen LogP contribution in [0, 0.1) is 0 Å². The highest BCUT2D eigenvalue weighted by Crippen LogP contribution is 2.42. The second-order valence-corrected chi connectivity index (χ2v) is 6.43. The van der Waals surface area contributed by atoms with Crippen molar-refractivity contribution in [2.45, 2.75) is 24.4 Å². The smallest absolute Gasteiger partial charge is 0.410 e. The van der Waals surface area contributed by atoms with Gasteiger partial charge in [0.15, 0.2) is 6.04 Å². The van der Waals surface area contributed by atoms with Gasteiger partial charge >= 0.3 is 12.1 Å². The molecule has 1 saturated heterocycles. The topological polar surface area (TPSA) is 60.0 Å². The summed E-state index contributed by atoms with van der Waals surface area (Å²) in [5, 5.41) is 2.79. The van der Waals surface area contributed by atoms with E-state index in [4.69, 9.17) is 9.47 Å². The fraction of sp³-hybridized carbons (Fsp3) is 0.350. The van der Waals surface area contributed by atoms with Gasteiger partial charge in [-0.05, 0) is 42.0 Å². The molecule has 1 N–H and O–H groups in total. The Morgan fingerprint density at radius 3 is 1.90 bits per heavy atom. The molecule has 1 aliphatic heterocycles. The molecule has 156 valence electrons. The Bertz CT molecular complexity index is 840. The Morgan fingerprint density at radius 1 is 0.931 bits per heavy atom. The molecule has 0 unspecified atom stereocenters. The number of esters is 1. The predicted octanol–water partition coefficient (Wildman–Crippen LogP) is 3.28. The summed E-state index contributed by atoms with van der Waals surface area (Å²) < 4.78 is 57.0. The van der Waals surface area contributed by atoms with Crippen LogP contribution in [0.4, 0.5) is 18.9 Å². The van der Waals surface area contributed by atoms with Crippen molar-refractivity contribution < 1.29 is 32.2 Å². The molecule has 1 aliphatic rings. The molecule has 0 aliphatic carbocycles. The minimum absolute atomic E-state index is 0.285. The molecule has 3 atom stereocenters. The largest absolute Gasteiger partial charge is 0.497 e. The molecule has 1 fully saturated rings. The molecule has 0 aromatic heterocycles. The Morgan fingerprint density at radius 2 is 1.45 bits per heavy atom. The molecule has 0 bridgehead atoms. The first-order valence-corrected chi connectivity index (χ1v) is 8.77. The first-order chi connectivity index (χ1) is 13.8. The second kappa shape index (κ2) is 8.20. The minimum atomic E-state index is -4.69. The van der Waals surface area contributed by atoms with Crippen LogP contribution in [0.2, 0.25) is 0 Å². The number of halogens is 3. The highest BCUT2D eigenvalue weighted by Gasteiger charge is 2.58. The van der Waals surface area contributed by atoms with Crippen LogP contribution < -0.4 is 19.7 Å². The fourth-order valence-electron chi connectivity index (χ4n) is 3.44. The number of hydrogen-bond donors (Lipinski definition) is 1. The lowest BCUT2D eigenvalue weighted by atomic mass is 10.1. The number of ether oxygens (including phenoxy) is 3. The quantitative estimate of drug-likeness (QED) is 0.764. The zero-order valence-electron chi connectivity index (χ0n) is 16.1. The van der Waals surface area contributed by atoms with Crippen LogP contribution in [0.5, 0.6) is 11.5 Å². The summed E-state index contributed by atoms with van der Waals surface area (Å²) in [6.45, 7) is 0. The van der Waals surface area contributed by atoms with E-state index >= 15 is 0 Å². The third kappa shape index (κ3) is 4.09. The number of hydrogen-bond acceptors (Lipinski definition) is 6. The van der Waals surface area contributed by atoms with Gasteiger partial charge in [0.1, 0.15) is 23.7 Å². The van der Waals surface area contributed by atoms with Gasteiger partial charge in [-0.1, -0.05) is 12.1 Å². The summed E-state index contributed by atoms with van der Waals surface area (Å²) >= 11 is 0. The number of alkyl halides is 3. The highest BCUT2D eigenvalue weighted by molar-refractivity contribution is 5.79. The van der Waals surface area contributed by atoms with Crippen molar-refractivity contribution in [2.75, 3.05) is 26.2 Å². The van der Waals surface area contributed by atoms with E-state index in [1.54, 1.807) is 36.4 Å². The van der Waals surface area contributed by atoms with Crippen molar-refractivity contribution in [1.29, 1.82) is 0 Å². The lowest BCUT2D eigenvalue weighted by molar-refractivity contribution is -0.164. The van der Waals surface area contributed by atoms with Crippen molar-refractivity contribution in [3.63, 3.8) is 0 Å². The van der Waals surface area contributed by atoms with Crippen LogP contribution in [0.15, 0.2) is 48.5 Å². The van der Waals surface area contributed by atoms with Crippen molar-refractivity contribution in [2.24, 2.45) is 0 Å². The van der Waals surface area contributed by atoms with Crippen molar-refractivity contribution >= 4 is 11.7 Å². The van der Waals surface area contributed by atoms with E-state index < -0.39 is 30.4 Å². The Balaban J connectivity index is 2.10. The normalized spacial score (nSPS) is 21.7. The monoisotopic (exact) mass is 410 g/mol. The maximum absolute atomic E-state index is 14.1. The van der Waals surface area contributed by atoms with Gasteiger partial charge in [-0.3, -0.25) is 10.1 Å². The SMILES string of the molecule is COC(=O)[C@@H]1N[C@@H](c2ccc(OC)cc2)N(c2ccc(OC)cc2)[C@H]1C(F)(F)F. The van der Waals surface area contributed by atoms with Crippen LogP contribution in [-0.2, 0) is 9.53 Å². The van der Waals surface area contributed by atoms with Gasteiger partial charge in [0.25, 0.3) is 0 Å². The summed E-state index contributed by atoms with van der Waals surface area (Å²) in [5.74, 6) is 0.0939. The number of benzene rings is 2. The van der Waals surface area contributed by atoms with E-state index in [1.165, 1.54) is 26.4 Å². The summed E-state index contributed by atoms with van der Waals surface area (Å²) in [5.41, 5.74) is 0.829. The number of nitrogens with one attached hydrogen (secondary N) is 1. The summed E-state index contributed by atoms with van der Waals surface area (Å²) in [4.78, 5) is 13.3. The predicted molar refractivity (Wildman–Crippen MR) is 100.0 cm³/mol. The van der Waals surface area contributed by atoms with Crippen LogP contribution in [-0.4, -0.2) is 45.6 Å². The first-order valence-electron chi connectivity index (χ1n) is 8.77. The molecule has 0 amide bonds. The van der Waals surface area contributed by atoms with Gasteiger partial charge in [-0.15, -0.1) is 0 Å². The fourth-order valence-corrected chi connectivity index (χ4v) is 3.44. The number of anilines is 1. The maximum Gasteiger partial charge on any atom is 0.410 e. The molecule has 2 aromatic rings. The van der Waals surface area contributed by atoms with Gasteiger partial charge in [-0.25, -0.2) is 0 Å². The number of carbonyl (C=O) groups is 1. The van der Waals surface area contributed by atoms with E-state index in [0.29, 0.717) is 17.1 Å². The molecule has 2 aromatic carbocycles. The molecular weight excluding hydrogens is 389 g/mol. The third-order valence-corrected chi connectivity index (χ3v) is 4.82. The average Bonchev–Trinajstić information content (AvgIpc) is 3.14. The van der Waals surface area contributed by atoms with E-state index in [1.807, 2.05) is 0 Å². The summed E-state index contributed by atoms with van der Waals surface area (Å²) in [7, 11) is 4.04. The Kier molecular flexibility index (Phi) is 5.88. The van der Waals surface area contributed by atoms with Crippen molar-refractivity contribution in [3.8, 4) is 11.5 Å². The number of carbonyl (C=O) groups excluding carboxylic acids is 1. The van der Waals surface area contributed by atoms with Crippen LogP contribution >= 0.6 is 0 Å². The van der Waals surface area contributed by atoms with Gasteiger partial charge < -0.3 is 19.1 Å². The zero-order valence-corrected chi connectivity index (χ0v) is 16.1. The van der Waals surface area contributed by atoms with Crippen molar-refractivity contribution in [1.82, 2.24) is 5.32 Å². The van der Waals surface area contributed by atoms with Crippen molar-refractivity contribution in [3.05, 3.63) is 54.1 Å². The molecule has 3 rings (SSSR count). The molecule has 0 radical (unpaired) electrons. The average molecular weight is 410 g/mol. The van der Waals surface area contributed by atoms with Gasteiger partial charge in [0.05, 0.1) is 21.3 Å². The highest BCUT2D eigenvalue weighted by atomic mass is 19.4. The number of methoxy groups -OCH3 is 3. The van der Waals surface area contributed by atoms with Gasteiger partial charge in [-0.2, -0.15) is 13.2 Å². The second-order valence-electron chi connectivity index (χ2n) is 6.43. The number of nitrogens with zero attached hydrogens (tertiary/aromatic N) is 1. The Labute approximate surface area is 166 Å². The van der Waals surface area contributed by atoms with E-state index in [0.717, 1.165) is 12.0 Å². The molecule has 29 heavy (non-hydrogen) atoms. The van der Waals surface area contributed by atoms with Crippen LogP contribution in [0.3, 0.4) is 0 Å². The van der Waals surface area contributed by atoms with Crippen LogP contribution in [0.25, 0.3) is 0 Å².